The summed E-state index contributed by atoms with van der Waals surface area (Å²) in [6, 6.07) is 4.37. The Labute approximate surface area is 105 Å². The standard InChI is InChI=1S/C13H17BrO2/c1-8(2)10-6-11(9(3)12(14)7-10)13-15-4-5-16-13/h6-8,13H,4-5H2,1-3H3. The molecule has 1 aromatic carbocycles. The van der Waals surface area contributed by atoms with E-state index in [0.717, 1.165) is 10.0 Å². The highest BCUT2D eigenvalue weighted by Crippen LogP contribution is 2.33. The zero-order chi connectivity index (χ0) is 11.7. The lowest BCUT2D eigenvalue weighted by molar-refractivity contribution is -0.0446. The molecule has 88 valence electrons. The average molecular weight is 285 g/mol. The zero-order valence-electron chi connectivity index (χ0n) is 9.92. The molecule has 0 saturated carbocycles. The van der Waals surface area contributed by atoms with E-state index in [1.165, 1.54) is 11.1 Å². The molecular formula is C13H17BrO2. The van der Waals surface area contributed by atoms with Crippen LogP contribution in [-0.4, -0.2) is 13.2 Å². The minimum Gasteiger partial charge on any atom is -0.346 e. The molecule has 2 nitrogen and oxygen atoms in total. The van der Waals surface area contributed by atoms with Gasteiger partial charge < -0.3 is 9.47 Å². The maximum atomic E-state index is 5.57. The molecule has 3 heteroatoms. The van der Waals surface area contributed by atoms with E-state index in [0.29, 0.717) is 19.1 Å². The molecule has 1 fully saturated rings. The van der Waals surface area contributed by atoms with Gasteiger partial charge in [0.25, 0.3) is 0 Å². The number of hydrogen-bond donors (Lipinski definition) is 0. The lowest BCUT2D eigenvalue weighted by atomic mass is 9.97. The highest BCUT2D eigenvalue weighted by Gasteiger charge is 2.22. The van der Waals surface area contributed by atoms with Gasteiger partial charge in [0.05, 0.1) is 13.2 Å². The summed E-state index contributed by atoms with van der Waals surface area (Å²) in [5.74, 6) is 0.511. The molecule has 0 radical (unpaired) electrons. The quantitative estimate of drug-likeness (QED) is 0.819. The summed E-state index contributed by atoms with van der Waals surface area (Å²) in [4.78, 5) is 0. The van der Waals surface area contributed by atoms with Crippen molar-refractivity contribution >= 4 is 15.9 Å². The first-order valence-electron chi connectivity index (χ1n) is 5.62. The van der Waals surface area contributed by atoms with Gasteiger partial charge in [-0.05, 0) is 30.0 Å². The van der Waals surface area contributed by atoms with Gasteiger partial charge in [-0.15, -0.1) is 0 Å². The summed E-state index contributed by atoms with van der Waals surface area (Å²) in [6.45, 7) is 7.85. The molecule has 2 rings (SSSR count). The van der Waals surface area contributed by atoms with Crippen LogP contribution < -0.4 is 0 Å². The minimum absolute atomic E-state index is 0.185. The highest BCUT2D eigenvalue weighted by atomic mass is 79.9. The van der Waals surface area contributed by atoms with Gasteiger partial charge >= 0.3 is 0 Å². The second-order valence-electron chi connectivity index (χ2n) is 4.45. The largest absolute Gasteiger partial charge is 0.346 e. The molecule has 0 bridgehead atoms. The molecule has 1 saturated heterocycles. The minimum atomic E-state index is -0.185. The fourth-order valence-corrected chi connectivity index (χ4v) is 2.33. The summed E-state index contributed by atoms with van der Waals surface area (Å²) >= 11 is 3.60. The van der Waals surface area contributed by atoms with Crippen LogP contribution >= 0.6 is 15.9 Å². The molecule has 0 atom stereocenters. The summed E-state index contributed by atoms with van der Waals surface area (Å²) in [5.41, 5.74) is 3.67. The average Bonchev–Trinajstić information content (AvgIpc) is 2.74. The van der Waals surface area contributed by atoms with Crippen LogP contribution in [0.5, 0.6) is 0 Å². The Kier molecular flexibility index (Phi) is 3.67. The molecule has 1 heterocycles. The van der Waals surface area contributed by atoms with Gasteiger partial charge in [-0.25, -0.2) is 0 Å². The van der Waals surface area contributed by atoms with Crippen molar-refractivity contribution < 1.29 is 9.47 Å². The summed E-state index contributed by atoms with van der Waals surface area (Å²) < 4.78 is 12.3. The lowest BCUT2D eigenvalue weighted by Crippen LogP contribution is -2.03. The number of hydrogen-bond acceptors (Lipinski definition) is 2. The van der Waals surface area contributed by atoms with Gasteiger partial charge in [0, 0.05) is 10.0 Å². The highest BCUT2D eigenvalue weighted by molar-refractivity contribution is 9.10. The van der Waals surface area contributed by atoms with Crippen molar-refractivity contribution in [1.29, 1.82) is 0 Å². The summed E-state index contributed by atoms with van der Waals surface area (Å²) in [7, 11) is 0. The molecular weight excluding hydrogens is 268 g/mol. The molecule has 0 aromatic heterocycles. The van der Waals surface area contributed by atoms with E-state index in [9.17, 15) is 0 Å². The molecule has 0 aliphatic carbocycles. The van der Waals surface area contributed by atoms with Crippen LogP contribution in [0, 0.1) is 6.92 Å². The van der Waals surface area contributed by atoms with E-state index in [4.69, 9.17) is 9.47 Å². The Morgan fingerprint density at radius 3 is 2.44 bits per heavy atom. The van der Waals surface area contributed by atoms with Crippen LogP contribution in [0.3, 0.4) is 0 Å². The van der Waals surface area contributed by atoms with Crippen molar-refractivity contribution in [3.05, 3.63) is 33.3 Å². The lowest BCUT2D eigenvalue weighted by Gasteiger charge is -2.17. The normalized spacial score (nSPS) is 17.3. The number of rotatable bonds is 2. The first-order valence-corrected chi connectivity index (χ1v) is 6.42. The Bertz CT molecular complexity index is 382. The van der Waals surface area contributed by atoms with Crippen LogP contribution in [0.2, 0.25) is 0 Å². The Morgan fingerprint density at radius 1 is 1.25 bits per heavy atom. The molecule has 0 N–H and O–H groups in total. The monoisotopic (exact) mass is 284 g/mol. The molecule has 0 amide bonds. The van der Waals surface area contributed by atoms with Crippen molar-refractivity contribution in [2.45, 2.75) is 33.0 Å². The van der Waals surface area contributed by atoms with Crippen molar-refractivity contribution in [2.24, 2.45) is 0 Å². The molecule has 16 heavy (non-hydrogen) atoms. The van der Waals surface area contributed by atoms with E-state index < -0.39 is 0 Å². The fourth-order valence-electron chi connectivity index (χ4n) is 1.84. The Morgan fingerprint density at radius 2 is 1.88 bits per heavy atom. The second kappa shape index (κ2) is 4.86. The van der Waals surface area contributed by atoms with Crippen molar-refractivity contribution in [3.63, 3.8) is 0 Å². The number of benzene rings is 1. The van der Waals surface area contributed by atoms with Crippen LogP contribution in [0.25, 0.3) is 0 Å². The third kappa shape index (κ3) is 2.31. The van der Waals surface area contributed by atoms with Crippen LogP contribution in [0.15, 0.2) is 16.6 Å². The van der Waals surface area contributed by atoms with Crippen molar-refractivity contribution in [2.75, 3.05) is 13.2 Å². The van der Waals surface area contributed by atoms with E-state index >= 15 is 0 Å². The maximum Gasteiger partial charge on any atom is 0.184 e. The Hall–Kier alpha value is -0.380. The third-order valence-electron chi connectivity index (χ3n) is 2.95. The van der Waals surface area contributed by atoms with E-state index in [-0.39, 0.29) is 6.29 Å². The summed E-state index contributed by atoms with van der Waals surface area (Å²) in [5, 5.41) is 0. The van der Waals surface area contributed by atoms with Crippen LogP contribution in [0.1, 0.15) is 42.7 Å². The molecule has 1 aliphatic heterocycles. The van der Waals surface area contributed by atoms with E-state index in [2.05, 4.69) is 48.8 Å². The maximum absolute atomic E-state index is 5.57. The van der Waals surface area contributed by atoms with E-state index in [1.54, 1.807) is 0 Å². The molecule has 1 aliphatic rings. The van der Waals surface area contributed by atoms with Gasteiger partial charge in [0.1, 0.15) is 0 Å². The van der Waals surface area contributed by atoms with Crippen LogP contribution in [-0.2, 0) is 9.47 Å². The first kappa shape index (κ1) is 12.1. The predicted octanol–water partition coefficient (Wildman–Crippen LogP) is 3.93. The van der Waals surface area contributed by atoms with Crippen molar-refractivity contribution in [3.8, 4) is 0 Å². The van der Waals surface area contributed by atoms with Crippen molar-refractivity contribution in [1.82, 2.24) is 0 Å². The fraction of sp³-hybridized carbons (Fsp3) is 0.538. The van der Waals surface area contributed by atoms with Gasteiger partial charge in [-0.1, -0.05) is 35.8 Å². The van der Waals surface area contributed by atoms with Gasteiger partial charge in [-0.2, -0.15) is 0 Å². The number of ether oxygens (including phenoxy) is 2. The Balaban J connectivity index is 2.41. The van der Waals surface area contributed by atoms with Crippen LogP contribution in [0.4, 0.5) is 0 Å². The third-order valence-corrected chi connectivity index (χ3v) is 3.77. The first-order chi connectivity index (χ1) is 7.59. The second-order valence-corrected chi connectivity index (χ2v) is 5.30. The van der Waals surface area contributed by atoms with Gasteiger partial charge in [0.2, 0.25) is 0 Å². The number of halogens is 1. The smallest absolute Gasteiger partial charge is 0.184 e. The zero-order valence-corrected chi connectivity index (χ0v) is 11.5. The topological polar surface area (TPSA) is 18.5 Å². The molecule has 1 aromatic rings. The van der Waals surface area contributed by atoms with E-state index in [1.807, 2.05) is 0 Å². The summed E-state index contributed by atoms with van der Waals surface area (Å²) in [6.07, 6.45) is -0.185. The van der Waals surface area contributed by atoms with Gasteiger partial charge in [-0.3, -0.25) is 0 Å². The molecule has 0 unspecified atom stereocenters. The van der Waals surface area contributed by atoms with Gasteiger partial charge in [0.15, 0.2) is 6.29 Å². The predicted molar refractivity (Wildman–Crippen MR) is 67.6 cm³/mol. The SMILES string of the molecule is Cc1c(Br)cc(C(C)C)cc1C1OCCO1. The molecule has 0 spiro atoms.